The molecule has 0 radical (unpaired) electrons. The smallest absolute Gasteiger partial charge is 0.315 e. The first-order valence-corrected chi connectivity index (χ1v) is 4.20. The number of nitrogens with two attached hydrogens (primary N) is 1. The van der Waals surface area contributed by atoms with Gasteiger partial charge in [-0.1, -0.05) is 12.1 Å². The molecule has 1 aromatic rings. The van der Waals surface area contributed by atoms with Gasteiger partial charge in [0.25, 0.3) is 0 Å². The lowest BCUT2D eigenvalue weighted by Crippen LogP contribution is -2.39. The largest absolute Gasteiger partial charge is 0.481 e. The van der Waals surface area contributed by atoms with Crippen LogP contribution in [0, 0.1) is 5.82 Å². The monoisotopic (exact) mass is 233 g/mol. The molecule has 0 aliphatic rings. The molecule has 3 N–H and O–H groups in total. The van der Waals surface area contributed by atoms with Gasteiger partial charge in [0.1, 0.15) is 11.2 Å². The summed E-state index contributed by atoms with van der Waals surface area (Å²) in [4.78, 5) is 11.0. The third-order valence-corrected chi connectivity index (χ3v) is 2.36. The number of hydrogen-bond acceptors (Lipinski definition) is 2. The molecule has 0 aliphatic heterocycles. The number of carbonyl (C=O) groups is 1. The Morgan fingerprint density at radius 2 is 1.93 bits per heavy atom. The second kappa shape index (κ2) is 5.09. The number of rotatable bonds is 3. The van der Waals surface area contributed by atoms with Crippen molar-refractivity contribution in [3.05, 3.63) is 35.6 Å². The predicted molar refractivity (Wildman–Crippen MR) is 57.7 cm³/mol. The molecule has 3 nitrogen and oxygen atoms in total. The van der Waals surface area contributed by atoms with E-state index < -0.39 is 17.2 Å². The first-order valence-electron chi connectivity index (χ1n) is 4.20. The highest BCUT2D eigenvalue weighted by Crippen LogP contribution is 2.22. The summed E-state index contributed by atoms with van der Waals surface area (Å²) in [5.74, 6) is -1.40. The summed E-state index contributed by atoms with van der Waals surface area (Å²) in [7, 11) is 0. The van der Waals surface area contributed by atoms with E-state index in [0.29, 0.717) is 5.56 Å². The molecule has 0 bridgehead atoms. The molecular weight excluding hydrogens is 221 g/mol. The topological polar surface area (TPSA) is 63.3 Å². The summed E-state index contributed by atoms with van der Waals surface area (Å²) in [5.41, 5.74) is 4.77. The summed E-state index contributed by atoms with van der Waals surface area (Å²) < 4.78 is 12.6. The van der Waals surface area contributed by atoms with Crippen molar-refractivity contribution < 1.29 is 14.3 Å². The molecule has 0 saturated carbocycles. The second-order valence-electron chi connectivity index (χ2n) is 3.35. The van der Waals surface area contributed by atoms with E-state index in [1.165, 1.54) is 31.2 Å². The molecule has 1 aromatic carbocycles. The van der Waals surface area contributed by atoms with E-state index in [-0.39, 0.29) is 19.0 Å². The third-order valence-electron chi connectivity index (χ3n) is 2.36. The molecule has 1 unspecified atom stereocenters. The van der Waals surface area contributed by atoms with Crippen LogP contribution < -0.4 is 5.73 Å². The fraction of sp³-hybridized carbons (Fsp3) is 0.300. The summed E-state index contributed by atoms with van der Waals surface area (Å²) in [5, 5.41) is 8.98. The molecule has 0 amide bonds. The van der Waals surface area contributed by atoms with E-state index >= 15 is 0 Å². The quantitative estimate of drug-likeness (QED) is 0.833. The van der Waals surface area contributed by atoms with Crippen LogP contribution in [-0.4, -0.2) is 17.6 Å². The molecule has 5 heteroatoms. The number of aliphatic carboxylic acids is 1. The molecule has 1 atom stereocenters. The van der Waals surface area contributed by atoms with Crippen molar-refractivity contribution in [2.24, 2.45) is 5.73 Å². The van der Waals surface area contributed by atoms with E-state index in [2.05, 4.69) is 0 Å². The number of carboxylic acid groups (broad SMARTS) is 1. The Hall–Kier alpha value is -1.13. The van der Waals surface area contributed by atoms with Crippen molar-refractivity contribution in [2.75, 3.05) is 6.54 Å². The molecule has 1 rings (SSSR count). The maximum Gasteiger partial charge on any atom is 0.315 e. The number of carboxylic acids is 1. The van der Waals surface area contributed by atoms with Crippen molar-refractivity contribution in [2.45, 2.75) is 12.3 Å². The Morgan fingerprint density at radius 1 is 1.47 bits per heavy atom. The van der Waals surface area contributed by atoms with Crippen LogP contribution >= 0.6 is 12.4 Å². The molecule has 0 aromatic heterocycles. The summed E-state index contributed by atoms with van der Waals surface area (Å²) in [6.45, 7) is 1.50. The number of halogens is 2. The van der Waals surface area contributed by atoms with Crippen LogP contribution in [0.4, 0.5) is 4.39 Å². The van der Waals surface area contributed by atoms with E-state index in [0.717, 1.165) is 0 Å². The first-order chi connectivity index (χ1) is 6.50. The van der Waals surface area contributed by atoms with Crippen LogP contribution in [0.3, 0.4) is 0 Å². The lowest BCUT2D eigenvalue weighted by Gasteiger charge is -2.23. The summed E-state index contributed by atoms with van der Waals surface area (Å²) in [6.07, 6.45) is 0. The standard InChI is InChI=1S/C10H12FNO2.ClH/c1-10(6-12,9(13)14)7-2-4-8(11)5-3-7;/h2-5H,6,12H2,1H3,(H,13,14);1H. The van der Waals surface area contributed by atoms with Gasteiger partial charge in [0.2, 0.25) is 0 Å². The lowest BCUT2D eigenvalue weighted by molar-refractivity contribution is -0.142. The van der Waals surface area contributed by atoms with E-state index in [1.54, 1.807) is 0 Å². The molecule has 0 saturated heterocycles. The van der Waals surface area contributed by atoms with Gasteiger partial charge in [-0.25, -0.2) is 4.39 Å². The molecule has 15 heavy (non-hydrogen) atoms. The second-order valence-corrected chi connectivity index (χ2v) is 3.35. The molecule has 0 heterocycles. The van der Waals surface area contributed by atoms with Crippen LogP contribution in [0.25, 0.3) is 0 Å². The zero-order chi connectivity index (χ0) is 10.8. The zero-order valence-corrected chi connectivity index (χ0v) is 9.05. The highest BCUT2D eigenvalue weighted by Gasteiger charge is 2.33. The average molecular weight is 234 g/mol. The minimum absolute atomic E-state index is 0. The van der Waals surface area contributed by atoms with E-state index in [1.807, 2.05) is 0 Å². The van der Waals surface area contributed by atoms with Crippen LogP contribution in [0.1, 0.15) is 12.5 Å². The van der Waals surface area contributed by atoms with Crippen molar-refractivity contribution >= 4 is 18.4 Å². The van der Waals surface area contributed by atoms with Crippen molar-refractivity contribution in [3.63, 3.8) is 0 Å². The first kappa shape index (κ1) is 13.9. The average Bonchev–Trinajstić information content (AvgIpc) is 2.17. The van der Waals surface area contributed by atoms with Crippen LogP contribution in [0.2, 0.25) is 0 Å². The molecule has 0 fully saturated rings. The highest BCUT2D eigenvalue weighted by molar-refractivity contribution is 5.85. The number of benzene rings is 1. The van der Waals surface area contributed by atoms with Gasteiger partial charge < -0.3 is 10.8 Å². The van der Waals surface area contributed by atoms with Gasteiger partial charge in [0.15, 0.2) is 0 Å². The highest BCUT2D eigenvalue weighted by atomic mass is 35.5. The lowest BCUT2D eigenvalue weighted by atomic mass is 9.83. The van der Waals surface area contributed by atoms with Gasteiger partial charge in [-0.3, -0.25) is 4.79 Å². The van der Waals surface area contributed by atoms with Crippen LogP contribution in [-0.2, 0) is 10.2 Å². The Bertz CT molecular complexity index is 342. The van der Waals surface area contributed by atoms with Crippen molar-refractivity contribution in [1.29, 1.82) is 0 Å². The molecule has 0 spiro atoms. The Morgan fingerprint density at radius 3 is 2.27 bits per heavy atom. The van der Waals surface area contributed by atoms with E-state index in [4.69, 9.17) is 10.8 Å². The Kier molecular flexibility index (Phi) is 4.71. The number of hydrogen-bond donors (Lipinski definition) is 2. The maximum atomic E-state index is 12.6. The Balaban J connectivity index is 0.00000196. The molecule has 84 valence electrons. The predicted octanol–water partition coefficient (Wildman–Crippen LogP) is 1.55. The van der Waals surface area contributed by atoms with Crippen LogP contribution in [0.5, 0.6) is 0 Å². The van der Waals surface area contributed by atoms with E-state index in [9.17, 15) is 9.18 Å². The van der Waals surface area contributed by atoms with Crippen molar-refractivity contribution in [3.8, 4) is 0 Å². The maximum absolute atomic E-state index is 12.6. The fourth-order valence-corrected chi connectivity index (χ4v) is 1.15. The minimum Gasteiger partial charge on any atom is -0.481 e. The van der Waals surface area contributed by atoms with Gasteiger partial charge in [-0.2, -0.15) is 0 Å². The molecule has 0 aliphatic carbocycles. The summed E-state index contributed by atoms with van der Waals surface area (Å²) in [6, 6.07) is 5.34. The van der Waals surface area contributed by atoms with Crippen molar-refractivity contribution in [1.82, 2.24) is 0 Å². The molecular formula is C10H13ClFNO2. The zero-order valence-electron chi connectivity index (χ0n) is 8.24. The fourth-order valence-electron chi connectivity index (χ4n) is 1.15. The van der Waals surface area contributed by atoms with Crippen LogP contribution in [0.15, 0.2) is 24.3 Å². The Labute approximate surface area is 93.5 Å². The summed E-state index contributed by atoms with van der Waals surface area (Å²) >= 11 is 0. The SMILES string of the molecule is CC(CN)(C(=O)O)c1ccc(F)cc1.Cl. The third kappa shape index (κ3) is 2.67. The minimum atomic E-state index is -1.15. The van der Waals surface area contributed by atoms with Gasteiger partial charge in [0, 0.05) is 6.54 Å². The van der Waals surface area contributed by atoms with Gasteiger partial charge in [0.05, 0.1) is 0 Å². The normalized spacial score (nSPS) is 13.8. The van der Waals surface area contributed by atoms with Gasteiger partial charge >= 0.3 is 5.97 Å². The van der Waals surface area contributed by atoms with Gasteiger partial charge in [-0.15, -0.1) is 12.4 Å². The van der Waals surface area contributed by atoms with Gasteiger partial charge in [-0.05, 0) is 24.6 Å².